The zero-order valence-corrected chi connectivity index (χ0v) is 8.56. The number of hydrogen-bond donors (Lipinski definition) is 0. The molecular weight excluding hydrogens is 178 g/mol. The summed E-state index contributed by atoms with van der Waals surface area (Å²) in [6.07, 6.45) is 5.49. The summed E-state index contributed by atoms with van der Waals surface area (Å²) in [7, 11) is 0. The molecule has 2 rings (SSSR count). The number of carbonyl (C=O) groups excluding carboxylic acids is 2. The van der Waals surface area contributed by atoms with E-state index in [0.717, 1.165) is 12.8 Å². The average molecular weight is 193 g/mol. The third-order valence-electron chi connectivity index (χ3n) is 3.06. The first-order chi connectivity index (χ1) is 6.63. The molecule has 0 bridgehead atoms. The highest BCUT2D eigenvalue weighted by Crippen LogP contribution is 2.35. The highest BCUT2D eigenvalue weighted by Gasteiger charge is 2.47. The van der Waals surface area contributed by atoms with Gasteiger partial charge in [-0.1, -0.05) is 12.2 Å². The number of hydrogen-bond acceptors (Lipinski definition) is 2. The Bertz CT molecular complexity index is 280. The number of likely N-dealkylation sites (tertiary alicyclic amines) is 1. The topological polar surface area (TPSA) is 37.4 Å². The minimum atomic E-state index is -0.0742. The maximum Gasteiger partial charge on any atom is 0.233 e. The van der Waals surface area contributed by atoms with Crippen LogP contribution in [0.5, 0.6) is 0 Å². The van der Waals surface area contributed by atoms with Gasteiger partial charge in [-0.25, -0.2) is 0 Å². The Balaban J connectivity index is 2.28. The molecule has 14 heavy (non-hydrogen) atoms. The molecular formula is C11H15NO2. The molecule has 76 valence electrons. The number of rotatable bonds is 1. The van der Waals surface area contributed by atoms with Crippen molar-refractivity contribution in [2.24, 2.45) is 11.8 Å². The van der Waals surface area contributed by atoms with Crippen molar-refractivity contribution >= 4 is 11.8 Å². The molecule has 0 aromatic rings. The largest absolute Gasteiger partial charge is 0.280 e. The van der Waals surface area contributed by atoms with Crippen LogP contribution < -0.4 is 0 Å². The molecule has 1 aliphatic carbocycles. The lowest BCUT2D eigenvalue weighted by atomic mass is 9.85. The van der Waals surface area contributed by atoms with Crippen LogP contribution in [0.3, 0.4) is 0 Å². The monoisotopic (exact) mass is 193 g/mol. The summed E-state index contributed by atoms with van der Waals surface area (Å²) in [5.41, 5.74) is 0. The van der Waals surface area contributed by atoms with Gasteiger partial charge in [0.2, 0.25) is 11.8 Å². The van der Waals surface area contributed by atoms with Crippen LogP contribution in [0.2, 0.25) is 0 Å². The lowest BCUT2D eigenvalue weighted by Gasteiger charge is -2.18. The normalized spacial score (nSPS) is 31.5. The highest BCUT2D eigenvalue weighted by molar-refractivity contribution is 6.05. The molecule has 0 N–H and O–H groups in total. The fraction of sp³-hybridized carbons (Fsp3) is 0.636. The Morgan fingerprint density at radius 1 is 1.14 bits per heavy atom. The van der Waals surface area contributed by atoms with Crippen LogP contribution in [0.25, 0.3) is 0 Å². The molecule has 1 fully saturated rings. The quantitative estimate of drug-likeness (QED) is 0.465. The number of carbonyl (C=O) groups is 2. The molecule has 0 saturated carbocycles. The van der Waals surface area contributed by atoms with Gasteiger partial charge in [0, 0.05) is 6.04 Å². The Morgan fingerprint density at radius 2 is 1.57 bits per heavy atom. The second-order valence-corrected chi connectivity index (χ2v) is 4.30. The fourth-order valence-corrected chi connectivity index (χ4v) is 2.33. The predicted octanol–water partition coefficient (Wildman–Crippen LogP) is 1.35. The van der Waals surface area contributed by atoms with E-state index in [0.29, 0.717) is 0 Å². The average Bonchev–Trinajstić information content (AvgIpc) is 2.41. The highest BCUT2D eigenvalue weighted by atomic mass is 16.2. The Morgan fingerprint density at radius 3 is 1.93 bits per heavy atom. The molecule has 0 aromatic heterocycles. The molecule has 1 heterocycles. The van der Waals surface area contributed by atoms with Crippen molar-refractivity contribution in [1.82, 2.24) is 4.90 Å². The van der Waals surface area contributed by atoms with Crippen LogP contribution in [0.1, 0.15) is 26.7 Å². The SMILES string of the molecule is CC(C)N1C(=O)C2CC=CCC2C1=O. The molecule has 2 unspecified atom stereocenters. The van der Waals surface area contributed by atoms with Crippen molar-refractivity contribution in [1.29, 1.82) is 0 Å². The van der Waals surface area contributed by atoms with Crippen LogP contribution in [-0.4, -0.2) is 22.8 Å². The van der Waals surface area contributed by atoms with Gasteiger partial charge in [0.15, 0.2) is 0 Å². The lowest BCUT2D eigenvalue weighted by Crippen LogP contribution is -2.37. The van der Waals surface area contributed by atoms with E-state index in [-0.39, 0.29) is 29.7 Å². The Hall–Kier alpha value is -1.12. The summed E-state index contributed by atoms with van der Waals surface area (Å²) in [4.78, 5) is 25.2. The molecule has 0 spiro atoms. The molecule has 2 atom stereocenters. The van der Waals surface area contributed by atoms with Crippen LogP contribution in [-0.2, 0) is 9.59 Å². The number of fused-ring (bicyclic) bond motifs is 1. The lowest BCUT2D eigenvalue weighted by molar-refractivity contribution is -0.141. The smallest absolute Gasteiger partial charge is 0.233 e. The van der Waals surface area contributed by atoms with Crippen LogP contribution in [0, 0.1) is 11.8 Å². The van der Waals surface area contributed by atoms with Gasteiger partial charge < -0.3 is 0 Å². The van der Waals surface area contributed by atoms with Crippen LogP contribution in [0.15, 0.2) is 12.2 Å². The third kappa shape index (κ3) is 1.19. The van der Waals surface area contributed by atoms with Gasteiger partial charge in [-0.15, -0.1) is 0 Å². The second kappa shape index (κ2) is 3.23. The third-order valence-corrected chi connectivity index (χ3v) is 3.06. The number of imide groups is 1. The molecule has 1 aliphatic heterocycles. The number of allylic oxidation sites excluding steroid dienone is 2. The molecule has 3 nitrogen and oxygen atoms in total. The van der Waals surface area contributed by atoms with Crippen molar-refractivity contribution in [2.75, 3.05) is 0 Å². The zero-order chi connectivity index (χ0) is 10.3. The van der Waals surface area contributed by atoms with E-state index in [2.05, 4.69) is 0 Å². The van der Waals surface area contributed by atoms with Gasteiger partial charge in [-0.3, -0.25) is 14.5 Å². The van der Waals surface area contributed by atoms with E-state index in [1.54, 1.807) is 0 Å². The molecule has 2 aliphatic rings. The van der Waals surface area contributed by atoms with Crippen LogP contribution >= 0.6 is 0 Å². The first-order valence-electron chi connectivity index (χ1n) is 5.15. The molecule has 2 amide bonds. The first-order valence-corrected chi connectivity index (χ1v) is 5.15. The number of amides is 2. The van der Waals surface area contributed by atoms with E-state index in [1.165, 1.54) is 4.90 Å². The minimum Gasteiger partial charge on any atom is -0.280 e. The standard InChI is InChI=1S/C11H15NO2/c1-7(2)12-10(13)8-5-3-4-6-9(8)11(12)14/h3-4,7-9H,5-6H2,1-2H3. The van der Waals surface area contributed by atoms with E-state index in [1.807, 2.05) is 26.0 Å². The summed E-state index contributed by atoms with van der Waals surface area (Å²) in [6.45, 7) is 3.78. The van der Waals surface area contributed by atoms with E-state index in [9.17, 15) is 9.59 Å². The van der Waals surface area contributed by atoms with Crippen molar-refractivity contribution < 1.29 is 9.59 Å². The summed E-state index contributed by atoms with van der Waals surface area (Å²) in [5, 5.41) is 0. The predicted molar refractivity (Wildman–Crippen MR) is 52.3 cm³/mol. The number of nitrogens with zero attached hydrogens (tertiary/aromatic N) is 1. The zero-order valence-electron chi connectivity index (χ0n) is 8.56. The fourth-order valence-electron chi connectivity index (χ4n) is 2.33. The van der Waals surface area contributed by atoms with E-state index < -0.39 is 0 Å². The van der Waals surface area contributed by atoms with Crippen molar-refractivity contribution in [3.8, 4) is 0 Å². The molecule has 1 saturated heterocycles. The van der Waals surface area contributed by atoms with Crippen molar-refractivity contribution in [3.05, 3.63) is 12.2 Å². The van der Waals surface area contributed by atoms with E-state index >= 15 is 0 Å². The molecule has 0 radical (unpaired) electrons. The maximum atomic E-state index is 11.9. The molecule has 3 heteroatoms. The van der Waals surface area contributed by atoms with Gasteiger partial charge in [-0.2, -0.15) is 0 Å². The van der Waals surface area contributed by atoms with Gasteiger partial charge >= 0.3 is 0 Å². The van der Waals surface area contributed by atoms with Crippen molar-refractivity contribution in [2.45, 2.75) is 32.7 Å². The van der Waals surface area contributed by atoms with Gasteiger partial charge in [0.05, 0.1) is 11.8 Å². The van der Waals surface area contributed by atoms with Gasteiger partial charge in [0.25, 0.3) is 0 Å². The van der Waals surface area contributed by atoms with Crippen molar-refractivity contribution in [3.63, 3.8) is 0 Å². The van der Waals surface area contributed by atoms with Gasteiger partial charge in [0.1, 0.15) is 0 Å². The summed E-state index contributed by atoms with van der Waals surface area (Å²) in [6, 6.07) is 0.000556. The minimum absolute atomic E-state index is 0.000556. The second-order valence-electron chi connectivity index (χ2n) is 4.30. The first kappa shape index (κ1) is 9.44. The summed E-state index contributed by atoms with van der Waals surface area (Å²) < 4.78 is 0. The Kier molecular flexibility index (Phi) is 2.17. The Labute approximate surface area is 83.8 Å². The summed E-state index contributed by atoms with van der Waals surface area (Å²) >= 11 is 0. The van der Waals surface area contributed by atoms with Crippen LogP contribution in [0.4, 0.5) is 0 Å². The van der Waals surface area contributed by atoms with E-state index in [4.69, 9.17) is 0 Å². The maximum absolute atomic E-state index is 11.9. The van der Waals surface area contributed by atoms with Gasteiger partial charge in [-0.05, 0) is 26.7 Å². The molecule has 0 aromatic carbocycles. The summed E-state index contributed by atoms with van der Waals surface area (Å²) in [5.74, 6) is -0.0940.